The first kappa shape index (κ1) is 10.5. The molecule has 4 heteroatoms. The van der Waals surface area contributed by atoms with Crippen LogP contribution in [0.3, 0.4) is 0 Å². The maximum atomic E-state index is 11.1. The molecule has 1 rings (SSSR count). The lowest BCUT2D eigenvalue weighted by Gasteiger charge is -2.05. The van der Waals surface area contributed by atoms with Gasteiger partial charge in [0, 0.05) is 9.81 Å². The summed E-state index contributed by atoms with van der Waals surface area (Å²) < 4.78 is 1.08. The van der Waals surface area contributed by atoms with Gasteiger partial charge in [0.1, 0.15) is 0 Å². The van der Waals surface area contributed by atoms with Gasteiger partial charge in [-0.25, -0.2) is 0 Å². The molecule has 0 radical (unpaired) electrons. The minimum atomic E-state index is -0.267. The van der Waals surface area contributed by atoms with E-state index in [1.807, 2.05) is 12.5 Å². The molecule has 0 aliphatic heterocycles. The lowest BCUT2D eigenvalue weighted by Crippen LogP contribution is -1.98. The quantitative estimate of drug-likeness (QED) is 0.538. The molecule has 0 heterocycles. The fraction of sp³-hybridized carbons (Fsp3) is 0.625. The van der Waals surface area contributed by atoms with Crippen molar-refractivity contribution in [2.45, 2.75) is 12.8 Å². The Hall–Kier alpha value is 0.400. The summed E-state index contributed by atoms with van der Waals surface area (Å²) >= 11 is 8.73. The van der Waals surface area contributed by atoms with Crippen LogP contribution in [-0.2, 0) is 4.79 Å². The summed E-state index contributed by atoms with van der Waals surface area (Å²) in [5.74, 6) is 0.449. The topological polar surface area (TPSA) is 17.1 Å². The van der Waals surface area contributed by atoms with E-state index in [1.54, 1.807) is 23.5 Å². The summed E-state index contributed by atoms with van der Waals surface area (Å²) in [6.45, 7) is 0. The first-order valence-corrected chi connectivity index (χ1v) is 6.55. The minimum absolute atomic E-state index is 0.267. The molecular formula is C8H11ClOS2. The van der Waals surface area contributed by atoms with Gasteiger partial charge in [0.25, 0.3) is 0 Å². The average molecular weight is 223 g/mol. The number of hydrogen-bond acceptors (Lipinski definition) is 3. The highest BCUT2D eigenvalue weighted by Gasteiger charge is 2.31. The van der Waals surface area contributed by atoms with Gasteiger partial charge in [0.2, 0.25) is 5.24 Å². The van der Waals surface area contributed by atoms with Crippen molar-refractivity contribution in [1.29, 1.82) is 0 Å². The van der Waals surface area contributed by atoms with Gasteiger partial charge >= 0.3 is 0 Å². The smallest absolute Gasteiger partial charge is 0.250 e. The number of halogens is 1. The predicted octanol–water partition coefficient (Wildman–Crippen LogP) is 3.10. The van der Waals surface area contributed by atoms with Crippen molar-refractivity contribution in [3.63, 3.8) is 0 Å². The highest BCUT2D eigenvalue weighted by atomic mass is 35.5. The standard InChI is InChI=1S/C8H11ClOS2/c1-11-8(12-2)6(7(9)10)5-3-4-5/h5H,3-4H2,1-2H3. The number of carbonyl (C=O) groups is 1. The molecule has 1 aliphatic carbocycles. The Morgan fingerprint density at radius 1 is 1.33 bits per heavy atom. The van der Waals surface area contributed by atoms with Gasteiger partial charge in [0.15, 0.2) is 0 Å². The van der Waals surface area contributed by atoms with E-state index in [4.69, 9.17) is 11.6 Å². The van der Waals surface area contributed by atoms with Crippen LogP contribution in [0.2, 0.25) is 0 Å². The van der Waals surface area contributed by atoms with E-state index >= 15 is 0 Å². The summed E-state index contributed by atoms with van der Waals surface area (Å²) in [6.07, 6.45) is 6.21. The predicted molar refractivity (Wildman–Crippen MR) is 57.6 cm³/mol. The largest absolute Gasteiger partial charge is 0.276 e. The number of hydrogen-bond donors (Lipinski definition) is 0. The molecule has 1 saturated carbocycles. The molecule has 0 spiro atoms. The summed E-state index contributed by atoms with van der Waals surface area (Å²) in [5, 5.41) is -0.267. The van der Waals surface area contributed by atoms with Gasteiger partial charge in [-0.1, -0.05) is 0 Å². The van der Waals surface area contributed by atoms with Crippen LogP contribution < -0.4 is 0 Å². The summed E-state index contributed by atoms with van der Waals surface area (Å²) in [7, 11) is 0. The van der Waals surface area contributed by atoms with Crippen LogP contribution in [0.15, 0.2) is 9.81 Å². The first-order chi connectivity index (χ1) is 5.70. The molecule has 0 bridgehead atoms. The van der Waals surface area contributed by atoms with Gasteiger partial charge < -0.3 is 0 Å². The lowest BCUT2D eigenvalue weighted by atomic mass is 10.2. The number of thioether (sulfide) groups is 2. The molecular weight excluding hydrogens is 212 g/mol. The van der Waals surface area contributed by atoms with Gasteiger partial charge in [0.05, 0.1) is 0 Å². The molecule has 0 aromatic rings. The third kappa shape index (κ3) is 2.44. The van der Waals surface area contributed by atoms with Crippen LogP contribution in [0, 0.1) is 5.92 Å². The SMILES string of the molecule is CSC(SC)=C(C(=O)Cl)C1CC1. The van der Waals surface area contributed by atoms with Crippen LogP contribution >= 0.6 is 35.1 Å². The Labute approximate surface area is 86.3 Å². The fourth-order valence-corrected chi connectivity index (χ4v) is 3.07. The zero-order chi connectivity index (χ0) is 9.14. The molecule has 1 aliphatic rings. The summed E-state index contributed by atoms with van der Waals surface area (Å²) in [4.78, 5) is 11.1. The molecule has 12 heavy (non-hydrogen) atoms. The average Bonchev–Trinajstić information content (AvgIpc) is 2.82. The lowest BCUT2D eigenvalue weighted by molar-refractivity contribution is -0.108. The maximum Gasteiger partial charge on any atom is 0.250 e. The molecule has 0 amide bonds. The molecule has 0 N–H and O–H groups in total. The van der Waals surface area contributed by atoms with Crippen LogP contribution in [0.1, 0.15) is 12.8 Å². The maximum absolute atomic E-state index is 11.1. The highest BCUT2D eigenvalue weighted by Crippen LogP contribution is 2.43. The molecule has 0 unspecified atom stereocenters. The Bertz CT molecular complexity index is 215. The number of rotatable bonds is 4. The van der Waals surface area contributed by atoms with Crippen molar-refractivity contribution >= 4 is 40.4 Å². The molecule has 1 nitrogen and oxygen atoms in total. The third-order valence-electron chi connectivity index (χ3n) is 1.79. The zero-order valence-corrected chi connectivity index (χ0v) is 9.48. The van der Waals surface area contributed by atoms with E-state index in [2.05, 4.69) is 0 Å². The number of allylic oxidation sites excluding steroid dienone is 1. The second kappa shape index (κ2) is 4.58. The normalized spacial score (nSPS) is 15.9. The van der Waals surface area contributed by atoms with Gasteiger partial charge in [-0.3, -0.25) is 4.79 Å². The van der Waals surface area contributed by atoms with E-state index < -0.39 is 0 Å². The first-order valence-electron chi connectivity index (χ1n) is 3.72. The van der Waals surface area contributed by atoms with E-state index in [0.29, 0.717) is 5.92 Å². The Morgan fingerprint density at radius 2 is 1.83 bits per heavy atom. The monoisotopic (exact) mass is 222 g/mol. The second-order valence-corrected chi connectivity index (χ2v) is 4.89. The van der Waals surface area contributed by atoms with Gasteiger partial charge in [-0.15, -0.1) is 23.5 Å². The van der Waals surface area contributed by atoms with E-state index in [0.717, 1.165) is 22.7 Å². The van der Waals surface area contributed by atoms with Crippen LogP contribution in [-0.4, -0.2) is 17.8 Å². The van der Waals surface area contributed by atoms with Crippen LogP contribution in [0.4, 0.5) is 0 Å². The van der Waals surface area contributed by atoms with Crippen molar-refractivity contribution in [2.24, 2.45) is 5.92 Å². The summed E-state index contributed by atoms with van der Waals surface area (Å²) in [5.41, 5.74) is 0.844. The number of carbonyl (C=O) groups excluding carboxylic acids is 1. The molecule has 0 saturated heterocycles. The van der Waals surface area contributed by atoms with Crippen molar-refractivity contribution in [3.05, 3.63) is 9.81 Å². The summed E-state index contributed by atoms with van der Waals surface area (Å²) in [6, 6.07) is 0. The van der Waals surface area contributed by atoms with Crippen LogP contribution in [0.5, 0.6) is 0 Å². The van der Waals surface area contributed by atoms with Crippen molar-refractivity contribution in [1.82, 2.24) is 0 Å². The van der Waals surface area contributed by atoms with Gasteiger partial charge in [-0.2, -0.15) is 0 Å². The second-order valence-electron chi connectivity index (χ2n) is 2.66. The van der Waals surface area contributed by atoms with Crippen LogP contribution in [0.25, 0.3) is 0 Å². The fourth-order valence-electron chi connectivity index (χ4n) is 1.08. The molecule has 68 valence electrons. The highest BCUT2D eigenvalue weighted by molar-refractivity contribution is 8.21. The molecule has 1 fully saturated rings. The minimum Gasteiger partial charge on any atom is -0.276 e. The van der Waals surface area contributed by atoms with E-state index in [-0.39, 0.29) is 5.24 Å². The molecule has 0 aromatic carbocycles. The Morgan fingerprint density at radius 3 is 2.08 bits per heavy atom. The van der Waals surface area contributed by atoms with E-state index in [1.165, 1.54) is 0 Å². The van der Waals surface area contributed by atoms with Crippen molar-refractivity contribution in [2.75, 3.05) is 12.5 Å². The Kier molecular flexibility index (Phi) is 4.00. The Balaban J connectivity index is 2.86. The van der Waals surface area contributed by atoms with Crippen molar-refractivity contribution < 1.29 is 4.79 Å². The molecule has 0 aromatic heterocycles. The molecule has 0 atom stereocenters. The van der Waals surface area contributed by atoms with Gasteiger partial charge in [-0.05, 0) is 42.9 Å². The van der Waals surface area contributed by atoms with Crippen molar-refractivity contribution in [3.8, 4) is 0 Å². The zero-order valence-electron chi connectivity index (χ0n) is 7.09. The third-order valence-corrected chi connectivity index (χ3v) is 4.17. The van der Waals surface area contributed by atoms with E-state index in [9.17, 15) is 4.79 Å².